The van der Waals surface area contributed by atoms with E-state index in [1.807, 2.05) is 30.3 Å². The van der Waals surface area contributed by atoms with Crippen molar-refractivity contribution in [3.05, 3.63) is 142 Å². The zero-order valence-corrected chi connectivity index (χ0v) is 30.1. The van der Waals surface area contributed by atoms with Crippen LogP contribution in [0.25, 0.3) is 0 Å². The minimum absolute atomic E-state index is 0.459. The van der Waals surface area contributed by atoms with Crippen LogP contribution in [0.4, 0.5) is 34.1 Å². The fraction of sp³-hybridized carbons (Fsp3) is 0.256. The molecule has 0 radical (unpaired) electrons. The maximum atomic E-state index is 6.38. The molecule has 3 N–H and O–H groups in total. The fourth-order valence-electron chi connectivity index (χ4n) is 7.66. The predicted molar refractivity (Wildman–Crippen MR) is 215 cm³/mol. The van der Waals surface area contributed by atoms with Crippen molar-refractivity contribution in [2.24, 2.45) is 21.8 Å². The van der Waals surface area contributed by atoms with Gasteiger partial charge in [-0.1, -0.05) is 89.9 Å². The average Bonchev–Trinajstić information content (AvgIpc) is 3.42. The molecule has 0 spiro atoms. The van der Waals surface area contributed by atoms with E-state index in [0.717, 1.165) is 96.9 Å². The van der Waals surface area contributed by atoms with Crippen LogP contribution in [0.5, 0.6) is 0 Å². The fourth-order valence-corrected chi connectivity index (χ4v) is 8.00. The second kappa shape index (κ2) is 15.4. The summed E-state index contributed by atoms with van der Waals surface area (Å²) >= 11 is 12.6. The van der Waals surface area contributed by atoms with Gasteiger partial charge in [0.25, 0.3) is 0 Å². The van der Waals surface area contributed by atoms with E-state index in [0.29, 0.717) is 11.8 Å². The summed E-state index contributed by atoms with van der Waals surface area (Å²) in [5, 5.41) is 11.9. The van der Waals surface area contributed by atoms with Crippen LogP contribution in [0, 0.1) is 11.8 Å². The molecule has 6 nitrogen and oxygen atoms in total. The van der Waals surface area contributed by atoms with E-state index in [4.69, 9.17) is 33.2 Å². The number of hydrogen-bond donors (Lipinski definition) is 3. The molecule has 51 heavy (non-hydrogen) atoms. The van der Waals surface area contributed by atoms with Crippen molar-refractivity contribution in [1.29, 1.82) is 0 Å². The van der Waals surface area contributed by atoms with Gasteiger partial charge < -0.3 is 20.9 Å². The number of fused-ring (bicyclic) bond motifs is 4. The lowest BCUT2D eigenvalue weighted by atomic mass is 9.88. The van der Waals surface area contributed by atoms with Crippen LogP contribution in [-0.2, 0) is 6.54 Å². The van der Waals surface area contributed by atoms with Crippen molar-refractivity contribution >= 4 is 68.7 Å². The van der Waals surface area contributed by atoms with Gasteiger partial charge in [0.2, 0.25) is 0 Å². The molecule has 0 unspecified atom stereocenters. The standard InChI is InChI=1S/C25H24ClN3.C18H18ClN3/c26-20-10-11-24-22(16-20)28-25(19-12-14-27-15-13-19)21-8-4-5-9-23(21)29(24)17-18-6-2-1-3-7-18;19-13-5-6-16-17(11-13)22-18(12-7-9-20-10-8-12)14-3-1-2-4-15(14)21-16/h1-11,16,19,27H,12-15,17H2;1-6,11-12,20-21H,7-10H2. The zero-order chi connectivity index (χ0) is 34.6. The molecular formula is C43H42Cl2N6. The van der Waals surface area contributed by atoms with E-state index in [2.05, 4.69) is 106 Å². The highest BCUT2D eigenvalue weighted by Crippen LogP contribution is 2.43. The van der Waals surface area contributed by atoms with E-state index in [1.54, 1.807) is 0 Å². The molecule has 0 aliphatic carbocycles. The van der Waals surface area contributed by atoms with Crippen molar-refractivity contribution in [1.82, 2.24) is 10.6 Å². The zero-order valence-electron chi connectivity index (χ0n) is 28.6. The molecule has 258 valence electrons. The van der Waals surface area contributed by atoms with Crippen molar-refractivity contribution in [2.75, 3.05) is 36.4 Å². The van der Waals surface area contributed by atoms with E-state index >= 15 is 0 Å². The number of piperidine rings is 2. The molecule has 4 aliphatic heterocycles. The molecular weight excluding hydrogens is 671 g/mol. The first kappa shape index (κ1) is 33.7. The predicted octanol–water partition coefficient (Wildman–Crippen LogP) is 10.6. The Morgan fingerprint density at radius 2 is 1.12 bits per heavy atom. The Hall–Kier alpha value is -4.46. The molecule has 8 heteroatoms. The third-order valence-electron chi connectivity index (χ3n) is 10.2. The summed E-state index contributed by atoms with van der Waals surface area (Å²) in [4.78, 5) is 12.6. The highest BCUT2D eigenvalue weighted by molar-refractivity contribution is 6.31. The summed E-state index contributed by atoms with van der Waals surface area (Å²) in [6.45, 7) is 4.99. The summed E-state index contributed by atoms with van der Waals surface area (Å²) in [6, 6.07) is 39.6. The average molecular weight is 714 g/mol. The molecule has 5 aromatic rings. The van der Waals surface area contributed by atoms with Crippen molar-refractivity contribution in [3.8, 4) is 0 Å². The topological polar surface area (TPSA) is 64.0 Å². The van der Waals surface area contributed by atoms with Gasteiger partial charge in [-0.2, -0.15) is 0 Å². The summed E-state index contributed by atoms with van der Waals surface area (Å²) < 4.78 is 0. The Morgan fingerprint density at radius 3 is 1.84 bits per heavy atom. The lowest BCUT2D eigenvalue weighted by Gasteiger charge is -2.28. The van der Waals surface area contributed by atoms with Gasteiger partial charge in [-0.05, 0) is 106 Å². The quantitative estimate of drug-likeness (QED) is 0.174. The third kappa shape index (κ3) is 7.46. The number of aliphatic imine (C=N–C) groups is 2. The maximum absolute atomic E-state index is 6.38. The lowest BCUT2D eigenvalue weighted by Crippen LogP contribution is -2.32. The van der Waals surface area contributed by atoms with Crippen molar-refractivity contribution < 1.29 is 0 Å². The third-order valence-corrected chi connectivity index (χ3v) is 10.7. The summed E-state index contributed by atoms with van der Waals surface area (Å²) in [7, 11) is 0. The molecule has 0 amide bonds. The normalized spacial score (nSPS) is 17.1. The van der Waals surface area contributed by atoms with Gasteiger partial charge >= 0.3 is 0 Å². The summed E-state index contributed by atoms with van der Waals surface area (Å²) in [6.07, 6.45) is 4.48. The minimum Gasteiger partial charge on any atom is -0.353 e. The number of halogens is 2. The number of rotatable bonds is 4. The van der Waals surface area contributed by atoms with Crippen molar-refractivity contribution in [3.63, 3.8) is 0 Å². The Balaban J connectivity index is 0.000000152. The summed E-state index contributed by atoms with van der Waals surface area (Å²) in [5.41, 5.74) is 12.5. The largest absolute Gasteiger partial charge is 0.353 e. The second-order valence-corrected chi connectivity index (χ2v) is 14.5. The van der Waals surface area contributed by atoms with E-state index in [1.165, 1.54) is 33.8 Å². The van der Waals surface area contributed by atoms with Gasteiger partial charge in [0, 0.05) is 45.2 Å². The van der Waals surface area contributed by atoms with Gasteiger partial charge in [0.05, 0.1) is 39.9 Å². The number of para-hydroxylation sites is 2. The van der Waals surface area contributed by atoms with E-state index < -0.39 is 0 Å². The first-order valence-corrected chi connectivity index (χ1v) is 18.8. The molecule has 5 aromatic carbocycles. The lowest BCUT2D eigenvalue weighted by molar-refractivity contribution is 0.457. The maximum Gasteiger partial charge on any atom is 0.0885 e. The van der Waals surface area contributed by atoms with Crippen LogP contribution in [0.3, 0.4) is 0 Å². The van der Waals surface area contributed by atoms with Crippen molar-refractivity contribution in [2.45, 2.75) is 32.2 Å². The molecule has 4 heterocycles. The molecule has 0 aromatic heterocycles. The van der Waals surface area contributed by atoms with Crippen LogP contribution in [0.1, 0.15) is 42.4 Å². The van der Waals surface area contributed by atoms with Gasteiger partial charge in [0.15, 0.2) is 0 Å². The van der Waals surface area contributed by atoms with E-state index in [-0.39, 0.29) is 0 Å². The number of hydrogen-bond acceptors (Lipinski definition) is 6. The highest BCUT2D eigenvalue weighted by Gasteiger charge is 2.29. The van der Waals surface area contributed by atoms with Crippen LogP contribution in [0.2, 0.25) is 10.0 Å². The van der Waals surface area contributed by atoms with Gasteiger partial charge in [-0.25, -0.2) is 0 Å². The van der Waals surface area contributed by atoms with Crippen LogP contribution >= 0.6 is 23.2 Å². The SMILES string of the molecule is Clc1ccc2c(c1)N=C(C1CCNCC1)c1ccccc1N2.Clc1ccc2c(c1)N=C(C1CCNCC1)c1ccccc1N2Cc1ccccc1. The highest BCUT2D eigenvalue weighted by atomic mass is 35.5. The van der Waals surface area contributed by atoms with Crippen LogP contribution < -0.4 is 20.9 Å². The summed E-state index contributed by atoms with van der Waals surface area (Å²) in [5.74, 6) is 0.954. The molecule has 0 atom stereocenters. The number of nitrogens with zero attached hydrogens (tertiary/aromatic N) is 3. The molecule has 2 saturated heterocycles. The Morgan fingerprint density at radius 1 is 0.549 bits per heavy atom. The van der Waals surface area contributed by atoms with Gasteiger partial charge in [0.1, 0.15) is 0 Å². The van der Waals surface area contributed by atoms with Gasteiger partial charge in [-0.15, -0.1) is 0 Å². The van der Waals surface area contributed by atoms with Gasteiger partial charge in [-0.3, -0.25) is 9.98 Å². The number of nitrogens with one attached hydrogen (secondary N) is 3. The first-order chi connectivity index (χ1) is 25.1. The smallest absolute Gasteiger partial charge is 0.0885 e. The number of anilines is 4. The first-order valence-electron chi connectivity index (χ1n) is 18.1. The van der Waals surface area contributed by atoms with E-state index in [9.17, 15) is 0 Å². The Kier molecular flexibility index (Phi) is 10.2. The van der Waals surface area contributed by atoms with Crippen LogP contribution in [-0.4, -0.2) is 37.6 Å². The molecule has 2 fully saturated rings. The Bertz CT molecular complexity index is 2060. The number of benzene rings is 5. The molecule has 0 saturated carbocycles. The van der Waals surface area contributed by atoms with Crippen LogP contribution in [0.15, 0.2) is 125 Å². The molecule has 0 bridgehead atoms. The minimum atomic E-state index is 0.459. The Labute approximate surface area is 310 Å². The second-order valence-electron chi connectivity index (χ2n) is 13.6. The monoisotopic (exact) mass is 712 g/mol. The molecule has 4 aliphatic rings. The molecule has 9 rings (SSSR count).